The molecular formula is C25H21N3O4S2. The minimum Gasteiger partial charge on any atom is -0.458 e. The summed E-state index contributed by atoms with van der Waals surface area (Å²) in [4.78, 5) is 47.7. The van der Waals surface area contributed by atoms with Crippen LogP contribution < -0.4 is 19.8 Å². The van der Waals surface area contributed by atoms with Crippen molar-refractivity contribution in [1.82, 2.24) is 4.57 Å². The van der Waals surface area contributed by atoms with Crippen molar-refractivity contribution in [3.05, 3.63) is 95.8 Å². The number of ether oxygens (including phenoxy) is 1. The molecule has 0 saturated heterocycles. The van der Waals surface area contributed by atoms with Gasteiger partial charge in [0.25, 0.3) is 11.5 Å². The Balaban J connectivity index is 1.79. The van der Waals surface area contributed by atoms with Crippen LogP contribution in [0.25, 0.3) is 5.57 Å². The second-order valence-electron chi connectivity index (χ2n) is 7.75. The first-order valence-corrected chi connectivity index (χ1v) is 12.4. The van der Waals surface area contributed by atoms with E-state index in [0.717, 1.165) is 16.1 Å². The molecule has 0 unspecified atom stereocenters. The Kier molecular flexibility index (Phi) is 5.66. The Morgan fingerprint density at radius 3 is 2.74 bits per heavy atom. The second-order valence-corrected chi connectivity index (χ2v) is 9.70. The van der Waals surface area contributed by atoms with E-state index in [-0.39, 0.29) is 18.1 Å². The lowest BCUT2D eigenvalue weighted by Gasteiger charge is -2.23. The maximum Gasteiger partial charge on any atom is 0.338 e. The Bertz CT molecular complexity index is 1540. The number of amides is 1. The maximum atomic E-state index is 13.9. The summed E-state index contributed by atoms with van der Waals surface area (Å²) < 4.78 is 7.17. The SMILES string of the molecule is C=CCOC(=O)C1=C(C)N=c2s/c(=C3\C(=O)N(CC)c4ccccc43)c(=O)n2[C@@H]1c1cccs1. The number of benzene rings is 1. The van der Waals surface area contributed by atoms with E-state index in [1.807, 2.05) is 48.7 Å². The van der Waals surface area contributed by atoms with Crippen LogP contribution in [0.5, 0.6) is 0 Å². The molecule has 3 aromatic rings. The third kappa shape index (κ3) is 3.31. The van der Waals surface area contributed by atoms with Crippen LogP contribution in [0.4, 0.5) is 5.69 Å². The Hall–Kier alpha value is -3.56. The number of aromatic nitrogens is 1. The van der Waals surface area contributed by atoms with Crippen molar-refractivity contribution in [2.45, 2.75) is 19.9 Å². The molecule has 9 heteroatoms. The number of nitrogens with zero attached hydrogens (tertiary/aromatic N) is 3. The summed E-state index contributed by atoms with van der Waals surface area (Å²) >= 11 is 2.62. The normalized spacial score (nSPS) is 18.5. The molecule has 0 saturated carbocycles. The van der Waals surface area contributed by atoms with E-state index in [4.69, 9.17) is 4.74 Å². The zero-order valence-corrected chi connectivity index (χ0v) is 20.2. The van der Waals surface area contributed by atoms with Gasteiger partial charge in [-0.1, -0.05) is 48.3 Å². The number of hydrogen-bond acceptors (Lipinski definition) is 7. The van der Waals surface area contributed by atoms with Crippen molar-refractivity contribution >= 4 is 45.8 Å². The topological polar surface area (TPSA) is 81.0 Å². The molecule has 0 bridgehead atoms. The molecule has 0 spiro atoms. The summed E-state index contributed by atoms with van der Waals surface area (Å²) in [7, 11) is 0. The molecule has 0 fully saturated rings. The molecule has 7 nitrogen and oxygen atoms in total. The van der Waals surface area contributed by atoms with Crippen molar-refractivity contribution in [3.8, 4) is 0 Å². The van der Waals surface area contributed by atoms with Crippen molar-refractivity contribution < 1.29 is 14.3 Å². The predicted octanol–water partition coefficient (Wildman–Crippen LogP) is 2.76. The Morgan fingerprint density at radius 1 is 1.24 bits per heavy atom. The number of thiophene rings is 1. The van der Waals surface area contributed by atoms with Crippen LogP contribution in [0.1, 0.15) is 30.3 Å². The van der Waals surface area contributed by atoms with Crippen molar-refractivity contribution in [1.29, 1.82) is 0 Å². The quantitative estimate of drug-likeness (QED) is 0.406. The molecule has 2 aliphatic heterocycles. The molecule has 172 valence electrons. The fraction of sp³-hybridized carbons (Fsp3) is 0.200. The van der Waals surface area contributed by atoms with Crippen LogP contribution in [-0.2, 0) is 14.3 Å². The summed E-state index contributed by atoms with van der Waals surface area (Å²) in [5.74, 6) is -0.750. The number of para-hydroxylation sites is 1. The molecule has 1 atom stereocenters. The van der Waals surface area contributed by atoms with Crippen molar-refractivity contribution in [2.75, 3.05) is 18.1 Å². The van der Waals surface area contributed by atoms with Gasteiger partial charge in [-0.25, -0.2) is 9.79 Å². The van der Waals surface area contributed by atoms with E-state index in [1.165, 1.54) is 33.3 Å². The summed E-state index contributed by atoms with van der Waals surface area (Å²) in [6.45, 7) is 7.78. The minimum absolute atomic E-state index is 0.0550. The molecule has 34 heavy (non-hydrogen) atoms. The van der Waals surface area contributed by atoms with E-state index >= 15 is 0 Å². The predicted molar refractivity (Wildman–Crippen MR) is 133 cm³/mol. The lowest BCUT2D eigenvalue weighted by molar-refractivity contribution is -0.138. The maximum absolute atomic E-state index is 13.9. The minimum atomic E-state index is -0.683. The first-order valence-electron chi connectivity index (χ1n) is 10.8. The number of rotatable bonds is 5. The number of allylic oxidation sites excluding steroid dienone is 1. The standard InChI is InChI=1S/C25H21N3O4S2/c1-4-12-32-24(31)18-14(3)26-25-28(20(18)17-11-8-13-33-17)23(30)21(34-25)19-15-9-6-7-10-16(15)27(5-2)22(19)29/h4,6-11,13,20H,1,5,12H2,2-3H3/b21-19-/t20-/m1/s1. The molecule has 4 heterocycles. The third-order valence-corrected chi connectivity index (χ3v) is 7.81. The van der Waals surface area contributed by atoms with Gasteiger partial charge in [-0.05, 0) is 31.4 Å². The highest BCUT2D eigenvalue weighted by Crippen LogP contribution is 2.36. The number of fused-ring (bicyclic) bond motifs is 2. The van der Waals surface area contributed by atoms with Gasteiger partial charge in [0.05, 0.1) is 22.5 Å². The number of thiazole rings is 1. The van der Waals surface area contributed by atoms with E-state index in [2.05, 4.69) is 11.6 Å². The fourth-order valence-corrected chi connectivity index (χ4v) is 6.34. The molecule has 2 aliphatic rings. The van der Waals surface area contributed by atoms with Gasteiger partial charge in [-0.2, -0.15) is 0 Å². The molecule has 1 amide bonds. The van der Waals surface area contributed by atoms with Gasteiger partial charge in [0.15, 0.2) is 4.80 Å². The first kappa shape index (κ1) is 22.2. The molecule has 0 aliphatic carbocycles. The van der Waals surface area contributed by atoms with Crippen LogP contribution in [0.2, 0.25) is 0 Å². The molecule has 2 aromatic heterocycles. The second kappa shape index (κ2) is 8.66. The summed E-state index contributed by atoms with van der Waals surface area (Å²) in [5.41, 5.74) is 2.34. The van der Waals surface area contributed by atoms with Crippen molar-refractivity contribution in [3.63, 3.8) is 0 Å². The number of likely N-dealkylation sites (N-methyl/N-ethyl adjacent to an activating group) is 1. The van der Waals surface area contributed by atoms with Gasteiger partial charge < -0.3 is 9.64 Å². The highest BCUT2D eigenvalue weighted by molar-refractivity contribution is 7.10. The number of anilines is 1. The zero-order chi connectivity index (χ0) is 24.0. The third-order valence-electron chi connectivity index (χ3n) is 5.83. The van der Waals surface area contributed by atoms with Crippen LogP contribution in [0, 0.1) is 0 Å². The van der Waals surface area contributed by atoms with Gasteiger partial charge in [-0.15, -0.1) is 11.3 Å². The van der Waals surface area contributed by atoms with Crippen LogP contribution in [0.3, 0.4) is 0 Å². The highest BCUT2D eigenvalue weighted by atomic mass is 32.1. The van der Waals surface area contributed by atoms with Gasteiger partial charge in [0.1, 0.15) is 17.2 Å². The largest absolute Gasteiger partial charge is 0.458 e. The fourth-order valence-electron chi connectivity index (χ4n) is 4.37. The average Bonchev–Trinajstić information content (AvgIpc) is 3.53. The van der Waals surface area contributed by atoms with E-state index in [1.54, 1.807) is 11.8 Å². The highest BCUT2D eigenvalue weighted by Gasteiger charge is 2.37. The van der Waals surface area contributed by atoms with Crippen LogP contribution >= 0.6 is 22.7 Å². The summed E-state index contributed by atoms with van der Waals surface area (Å²) in [6, 6.07) is 10.5. The van der Waals surface area contributed by atoms with E-state index in [0.29, 0.717) is 32.7 Å². The van der Waals surface area contributed by atoms with Gasteiger partial charge >= 0.3 is 5.97 Å². The Labute approximate surface area is 203 Å². The van der Waals surface area contributed by atoms with E-state index in [9.17, 15) is 14.4 Å². The molecule has 5 rings (SSSR count). The molecular weight excluding hydrogens is 470 g/mol. The average molecular weight is 492 g/mol. The molecule has 1 aromatic carbocycles. The number of carbonyl (C=O) groups excluding carboxylic acids is 2. The van der Waals surface area contributed by atoms with Gasteiger partial charge in [0, 0.05) is 17.0 Å². The van der Waals surface area contributed by atoms with Crippen LogP contribution in [-0.4, -0.2) is 29.6 Å². The number of hydrogen-bond donors (Lipinski definition) is 0. The zero-order valence-electron chi connectivity index (χ0n) is 18.6. The lowest BCUT2D eigenvalue weighted by atomic mass is 10.0. The van der Waals surface area contributed by atoms with Gasteiger partial charge in [-0.3, -0.25) is 14.2 Å². The van der Waals surface area contributed by atoms with Gasteiger partial charge in [0.2, 0.25) is 0 Å². The summed E-state index contributed by atoms with van der Waals surface area (Å²) in [6.07, 6.45) is 1.49. The lowest BCUT2D eigenvalue weighted by Crippen LogP contribution is -2.40. The summed E-state index contributed by atoms with van der Waals surface area (Å²) in [5, 5.41) is 1.89. The smallest absolute Gasteiger partial charge is 0.338 e. The number of carbonyl (C=O) groups is 2. The number of esters is 1. The monoisotopic (exact) mass is 491 g/mol. The van der Waals surface area contributed by atoms with Crippen LogP contribution in [0.15, 0.2) is 75.5 Å². The first-order chi connectivity index (χ1) is 16.5. The molecule has 0 radical (unpaired) electrons. The molecule has 0 N–H and O–H groups in total. The Morgan fingerprint density at radius 2 is 2.03 bits per heavy atom. The van der Waals surface area contributed by atoms with E-state index < -0.39 is 12.0 Å². The van der Waals surface area contributed by atoms with Crippen molar-refractivity contribution in [2.24, 2.45) is 4.99 Å².